The number of nitrogens with zero attached hydrogens (tertiary/aromatic N) is 2. The third-order valence-electron chi connectivity index (χ3n) is 4.00. The van der Waals surface area contributed by atoms with Crippen molar-refractivity contribution in [3.8, 4) is 11.5 Å². The first kappa shape index (κ1) is 18.1. The number of ether oxygens (including phenoxy) is 3. The molecule has 0 saturated carbocycles. The summed E-state index contributed by atoms with van der Waals surface area (Å²) in [6, 6.07) is 9.66. The SMILES string of the molecule is COc1ccc(OC)c(/C=C2\N=C(c3ccc(C)c([N+](=O)[O-])c3)OC2=O)c1. The highest BCUT2D eigenvalue weighted by Gasteiger charge is 2.26. The van der Waals surface area contributed by atoms with Crippen LogP contribution in [0.25, 0.3) is 6.08 Å². The number of esters is 1. The molecule has 0 amide bonds. The molecule has 0 radical (unpaired) electrons. The highest BCUT2D eigenvalue weighted by molar-refractivity contribution is 6.13. The number of nitro groups is 1. The van der Waals surface area contributed by atoms with Gasteiger partial charge in [0, 0.05) is 22.8 Å². The molecule has 0 aliphatic carbocycles. The van der Waals surface area contributed by atoms with Gasteiger partial charge >= 0.3 is 5.97 Å². The Kier molecular flexibility index (Phi) is 4.89. The Bertz CT molecular complexity index is 994. The number of carbonyl (C=O) groups is 1. The van der Waals surface area contributed by atoms with E-state index >= 15 is 0 Å². The number of aliphatic imine (C=N–C) groups is 1. The fraction of sp³-hybridized carbons (Fsp3) is 0.158. The molecule has 0 aromatic heterocycles. The van der Waals surface area contributed by atoms with E-state index in [-0.39, 0.29) is 17.3 Å². The molecule has 1 aliphatic rings. The van der Waals surface area contributed by atoms with Gasteiger partial charge in [0.1, 0.15) is 11.5 Å². The van der Waals surface area contributed by atoms with E-state index in [2.05, 4.69) is 4.99 Å². The Hall–Kier alpha value is -3.68. The lowest BCUT2D eigenvalue weighted by molar-refractivity contribution is -0.385. The van der Waals surface area contributed by atoms with E-state index in [1.165, 1.54) is 26.4 Å². The van der Waals surface area contributed by atoms with Crippen LogP contribution in [-0.2, 0) is 9.53 Å². The van der Waals surface area contributed by atoms with E-state index < -0.39 is 10.9 Å². The average molecular weight is 368 g/mol. The van der Waals surface area contributed by atoms with Crippen LogP contribution in [0.15, 0.2) is 47.1 Å². The number of carbonyl (C=O) groups excluding carboxylic acids is 1. The first-order valence-corrected chi connectivity index (χ1v) is 7.93. The van der Waals surface area contributed by atoms with Crippen LogP contribution in [0.5, 0.6) is 11.5 Å². The first-order chi connectivity index (χ1) is 12.9. The van der Waals surface area contributed by atoms with Gasteiger partial charge in [0.25, 0.3) is 5.69 Å². The highest BCUT2D eigenvalue weighted by atomic mass is 16.6. The van der Waals surface area contributed by atoms with Crippen LogP contribution in [0, 0.1) is 17.0 Å². The van der Waals surface area contributed by atoms with Gasteiger partial charge in [0.15, 0.2) is 5.70 Å². The summed E-state index contributed by atoms with van der Waals surface area (Å²) in [5, 5.41) is 11.1. The molecule has 0 fully saturated rings. The van der Waals surface area contributed by atoms with Crippen molar-refractivity contribution in [2.45, 2.75) is 6.92 Å². The zero-order valence-corrected chi connectivity index (χ0v) is 14.9. The van der Waals surface area contributed by atoms with Gasteiger partial charge in [0.2, 0.25) is 5.90 Å². The number of hydrogen-bond acceptors (Lipinski definition) is 7. The largest absolute Gasteiger partial charge is 0.497 e. The minimum absolute atomic E-state index is 0.0104. The van der Waals surface area contributed by atoms with Gasteiger partial charge in [-0.2, -0.15) is 0 Å². The molecule has 1 aliphatic heterocycles. The van der Waals surface area contributed by atoms with Crippen molar-refractivity contribution in [2.24, 2.45) is 4.99 Å². The molecular weight excluding hydrogens is 352 g/mol. The summed E-state index contributed by atoms with van der Waals surface area (Å²) in [7, 11) is 3.04. The van der Waals surface area contributed by atoms with Crippen LogP contribution in [0.1, 0.15) is 16.7 Å². The molecule has 138 valence electrons. The Morgan fingerprint density at radius 3 is 2.59 bits per heavy atom. The lowest BCUT2D eigenvalue weighted by Crippen LogP contribution is -2.06. The van der Waals surface area contributed by atoms with E-state index in [1.54, 1.807) is 37.3 Å². The minimum atomic E-state index is -0.655. The summed E-state index contributed by atoms with van der Waals surface area (Å²) >= 11 is 0. The van der Waals surface area contributed by atoms with Crippen molar-refractivity contribution >= 4 is 23.6 Å². The smallest absolute Gasteiger partial charge is 0.363 e. The second kappa shape index (κ2) is 7.28. The van der Waals surface area contributed by atoms with Gasteiger partial charge in [0.05, 0.1) is 19.1 Å². The monoisotopic (exact) mass is 368 g/mol. The van der Waals surface area contributed by atoms with Crippen LogP contribution >= 0.6 is 0 Å². The van der Waals surface area contributed by atoms with E-state index in [1.807, 2.05) is 0 Å². The number of aryl methyl sites for hydroxylation is 1. The maximum absolute atomic E-state index is 12.2. The molecule has 0 unspecified atom stereocenters. The summed E-state index contributed by atoms with van der Waals surface area (Å²) in [5.74, 6) is 0.479. The van der Waals surface area contributed by atoms with Gasteiger partial charge < -0.3 is 14.2 Å². The van der Waals surface area contributed by atoms with Gasteiger partial charge in [-0.05, 0) is 37.3 Å². The fourth-order valence-corrected chi connectivity index (χ4v) is 2.57. The van der Waals surface area contributed by atoms with Crippen molar-refractivity contribution in [2.75, 3.05) is 14.2 Å². The second-order valence-corrected chi connectivity index (χ2v) is 5.70. The number of rotatable bonds is 5. The maximum atomic E-state index is 12.2. The Balaban J connectivity index is 2.01. The molecule has 3 rings (SSSR count). The van der Waals surface area contributed by atoms with Crippen molar-refractivity contribution in [3.05, 3.63) is 68.9 Å². The molecule has 2 aromatic rings. The standard InChI is InChI=1S/C19H16N2O6/c1-11-4-5-12(10-16(11)21(23)24)18-20-15(19(22)27-18)9-13-8-14(25-2)6-7-17(13)26-3/h4-10H,1-3H3/b15-9-. The Morgan fingerprint density at radius 1 is 1.15 bits per heavy atom. The molecule has 0 atom stereocenters. The van der Waals surface area contributed by atoms with Gasteiger partial charge in [-0.25, -0.2) is 9.79 Å². The summed E-state index contributed by atoms with van der Waals surface area (Å²) in [6.45, 7) is 1.63. The molecule has 0 N–H and O–H groups in total. The van der Waals surface area contributed by atoms with Crippen LogP contribution < -0.4 is 9.47 Å². The van der Waals surface area contributed by atoms with E-state index in [0.29, 0.717) is 28.2 Å². The lowest BCUT2D eigenvalue weighted by Gasteiger charge is -2.07. The first-order valence-electron chi connectivity index (χ1n) is 7.93. The molecular formula is C19H16N2O6. The minimum Gasteiger partial charge on any atom is -0.497 e. The number of cyclic esters (lactones) is 1. The molecule has 0 saturated heterocycles. The number of benzene rings is 2. The average Bonchev–Trinajstić information content (AvgIpc) is 3.02. The predicted octanol–water partition coefficient (Wildman–Crippen LogP) is 3.26. The highest BCUT2D eigenvalue weighted by Crippen LogP contribution is 2.29. The Morgan fingerprint density at radius 2 is 1.93 bits per heavy atom. The third-order valence-corrected chi connectivity index (χ3v) is 4.00. The zero-order chi connectivity index (χ0) is 19.6. The third kappa shape index (κ3) is 3.64. The summed E-state index contributed by atoms with van der Waals surface area (Å²) in [5.41, 5.74) is 1.42. The van der Waals surface area contributed by atoms with E-state index in [0.717, 1.165) is 0 Å². The van der Waals surface area contributed by atoms with Crippen LogP contribution in [0.4, 0.5) is 5.69 Å². The van der Waals surface area contributed by atoms with E-state index in [9.17, 15) is 14.9 Å². The van der Waals surface area contributed by atoms with Crippen LogP contribution in [0.3, 0.4) is 0 Å². The van der Waals surface area contributed by atoms with Crippen molar-refractivity contribution < 1.29 is 23.9 Å². The normalized spacial score (nSPS) is 14.7. The van der Waals surface area contributed by atoms with Crippen molar-refractivity contribution in [1.29, 1.82) is 0 Å². The molecule has 0 bridgehead atoms. The predicted molar refractivity (Wildman–Crippen MR) is 98.0 cm³/mol. The molecule has 27 heavy (non-hydrogen) atoms. The molecule has 8 nitrogen and oxygen atoms in total. The van der Waals surface area contributed by atoms with Crippen molar-refractivity contribution in [1.82, 2.24) is 0 Å². The number of hydrogen-bond donors (Lipinski definition) is 0. The summed E-state index contributed by atoms with van der Waals surface area (Å²) in [6.07, 6.45) is 1.51. The second-order valence-electron chi connectivity index (χ2n) is 5.70. The molecule has 1 heterocycles. The quantitative estimate of drug-likeness (QED) is 0.347. The van der Waals surface area contributed by atoms with Gasteiger partial charge in [-0.1, -0.05) is 6.07 Å². The molecule has 8 heteroatoms. The maximum Gasteiger partial charge on any atom is 0.363 e. The number of methoxy groups -OCH3 is 2. The van der Waals surface area contributed by atoms with Gasteiger partial charge in [-0.15, -0.1) is 0 Å². The lowest BCUT2D eigenvalue weighted by atomic mass is 10.1. The van der Waals surface area contributed by atoms with E-state index in [4.69, 9.17) is 14.2 Å². The van der Waals surface area contributed by atoms with Crippen LogP contribution in [-0.4, -0.2) is 31.0 Å². The molecule has 2 aromatic carbocycles. The summed E-state index contributed by atoms with van der Waals surface area (Å²) in [4.78, 5) is 27.0. The van der Waals surface area contributed by atoms with Crippen molar-refractivity contribution in [3.63, 3.8) is 0 Å². The molecule has 0 spiro atoms. The van der Waals surface area contributed by atoms with Crippen LogP contribution in [0.2, 0.25) is 0 Å². The summed E-state index contributed by atoms with van der Waals surface area (Å²) < 4.78 is 15.6. The zero-order valence-electron chi connectivity index (χ0n) is 14.9. The Labute approximate surface area is 154 Å². The number of nitro benzene ring substituents is 1. The topological polar surface area (TPSA) is 100 Å². The van der Waals surface area contributed by atoms with Gasteiger partial charge in [-0.3, -0.25) is 10.1 Å². The fourth-order valence-electron chi connectivity index (χ4n) is 2.57.